The molecule has 1 aliphatic rings. The van der Waals surface area contributed by atoms with Crippen molar-refractivity contribution in [1.29, 1.82) is 0 Å². The van der Waals surface area contributed by atoms with Gasteiger partial charge in [-0.2, -0.15) is 0 Å². The lowest BCUT2D eigenvalue weighted by Crippen LogP contribution is -2.12. The van der Waals surface area contributed by atoms with Crippen molar-refractivity contribution >= 4 is 0 Å². The second-order valence-corrected chi connectivity index (χ2v) is 4.85. The van der Waals surface area contributed by atoms with Crippen LogP contribution >= 0.6 is 0 Å². The van der Waals surface area contributed by atoms with Crippen molar-refractivity contribution in [3.63, 3.8) is 0 Å². The van der Waals surface area contributed by atoms with E-state index in [4.69, 9.17) is 4.74 Å². The number of aryl methyl sites for hydroxylation is 1. The van der Waals surface area contributed by atoms with Crippen molar-refractivity contribution in [2.75, 3.05) is 7.11 Å². The summed E-state index contributed by atoms with van der Waals surface area (Å²) in [5, 5.41) is 0. The quantitative estimate of drug-likeness (QED) is 0.660. The van der Waals surface area contributed by atoms with Gasteiger partial charge in [0.1, 0.15) is 5.75 Å². The molecule has 0 bridgehead atoms. The summed E-state index contributed by atoms with van der Waals surface area (Å²) < 4.78 is 5.31. The van der Waals surface area contributed by atoms with Crippen LogP contribution in [0.15, 0.2) is 12.1 Å². The lowest BCUT2D eigenvalue weighted by atomic mass is 9.86. The van der Waals surface area contributed by atoms with E-state index in [0.717, 1.165) is 5.75 Å². The molecule has 14 heavy (non-hydrogen) atoms. The smallest absolute Gasteiger partial charge is 0.119 e. The first-order chi connectivity index (χ1) is 6.54. The van der Waals surface area contributed by atoms with Crippen molar-refractivity contribution in [2.45, 2.75) is 39.0 Å². The van der Waals surface area contributed by atoms with Crippen LogP contribution in [0.3, 0.4) is 0 Å². The van der Waals surface area contributed by atoms with E-state index in [1.165, 1.54) is 29.5 Å². The standard InChI is InChI=1S/C13H18O/c1-9-7-10(14-4)8-12-11(9)5-6-13(12,2)3/h7-8H,5-6H2,1-4H3. The monoisotopic (exact) mass is 190 g/mol. The first-order valence-electron chi connectivity index (χ1n) is 5.22. The molecule has 2 rings (SSSR count). The van der Waals surface area contributed by atoms with E-state index in [-0.39, 0.29) is 0 Å². The summed E-state index contributed by atoms with van der Waals surface area (Å²) in [4.78, 5) is 0. The van der Waals surface area contributed by atoms with Gasteiger partial charge in [0.25, 0.3) is 0 Å². The molecule has 1 heteroatoms. The van der Waals surface area contributed by atoms with Gasteiger partial charge in [-0.1, -0.05) is 13.8 Å². The van der Waals surface area contributed by atoms with Crippen LogP contribution in [0.5, 0.6) is 5.75 Å². The molecule has 0 saturated carbocycles. The van der Waals surface area contributed by atoms with Crippen molar-refractivity contribution in [3.8, 4) is 5.75 Å². The van der Waals surface area contributed by atoms with Gasteiger partial charge in [-0.15, -0.1) is 0 Å². The maximum atomic E-state index is 5.31. The highest BCUT2D eigenvalue weighted by Gasteiger charge is 2.31. The molecule has 0 aromatic heterocycles. The average molecular weight is 190 g/mol. The highest BCUT2D eigenvalue weighted by molar-refractivity contribution is 5.48. The van der Waals surface area contributed by atoms with Crippen LogP contribution in [0, 0.1) is 6.92 Å². The number of rotatable bonds is 1. The summed E-state index contributed by atoms with van der Waals surface area (Å²) in [6.07, 6.45) is 2.48. The van der Waals surface area contributed by atoms with Crippen molar-refractivity contribution in [1.82, 2.24) is 0 Å². The molecule has 0 saturated heterocycles. The van der Waals surface area contributed by atoms with Crippen molar-refractivity contribution in [3.05, 3.63) is 28.8 Å². The molecule has 1 aromatic carbocycles. The van der Waals surface area contributed by atoms with Crippen LogP contribution in [0.2, 0.25) is 0 Å². The molecule has 0 spiro atoms. The molecular formula is C13H18O. The Balaban J connectivity index is 2.59. The molecule has 0 amide bonds. The minimum atomic E-state index is 0.328. The number of methoxy groups -OCH3 is 1. The molecule has 0 aliphatic heterocycles. The Bertz CT molecular complexity index is 364. The van der Waals surface area contributed by atoms with E-state index < -0.39 is 0 Å². The zero-order chi connectivity index (χ0) is 10.3. The highest BCUT2D eigenvalue weighted by atomic mass is 16.5. The Hall–Kier alpha value is -0.980. The molecule has 1 aliphatic carbocycles. The van der Waals surface area contributed by atoms with E-state index in [2.05, 4.69) is 32.9 Å². The fraction of sp³-hybridized carbons (Fsp3) is 0.538. The van der Waals surface area contributed by atoms with Gasteiger partial charge in [0.05, 0.1) is 7.11 Å². The normalized spacial score (nSPS) is 18.0. The number of fused-ring (bicyclic) bond motifs is 1. The van der Waals surface area contributed by atoms with Crippen LogP contribution in [0.25, 0.3) is 0 Å². The molecule has 0 atom stereocenters. The van der Waals surface area contributed by atoms with Crippen LogP contribution in [-0.4, -0.2) is 7.11 Å². The van der Waals surface area contributed by atoms with Gasteiger partial charge in [-0.25, -0.2) is 0 Å². The first kappa shape index (κ1) is 9.57. The van der Waals surface area contributed by atoms with E-state index >= 15 is 0 Å². The topological polar surface area (TPSA) is 9.23 Å². The van der Waals surface area contributed by atoms with Crippen molar-refractivity contribution in [2.24, 2.45) is 0 Å². The molecule has 0 fully saturated rings. The molecule has 0 radical (unpaired) electrons. The SMILES string of the molecule is COc1cc(C)c2c(c1)C(C)(C)CC2. The summed E-state index contributed by atoms with van der Waals surface area (Å²) in [7, 11) is 1.74. The van der Waals surface area contributed by atoms with E-state index in [1.807, 2.05) is 0 Å². The third-order valence-electron chi connectivity index (χ3n) is 3.41. The summed E-state index contributed by atoms with van der Waals surface area (Å²) in [5.41, 5.74) is 4.73. The minimum Gasteiger partial charge on any atom is -0.497 e. The maximum absolute atomic E-state index is 5.31. The molecule has 1 aromatic rings. The number of benzene rings is 1. The number of hydrogen-bond donors (Lipinski definition) is 0. The Morgan fingerprint density at radius 3 is 2.64 bits per heavy atom. The minimum absolute atomic E-state index is 0.328. The van der Waals surface area contributed by atoms with Gasteiger partial charge in [0, 0.05) is 0 Å². The molecule has 0 N–H and O–H groups in total. The molecule has 0 heterocycles. The van der Waals surface area contributed by atoms with Crippen molar-refractivity contribution < 1.29 is 4.74 Å². The van der Waals surface area contributed by atoms with Crippen LogP contribution in [-0.2, 0) is 11.8 Å². The molecule has 1 nitrogen and oxygen atoms in total. The zero-order valence-electron chi connectivity index (χ0n) is 9.48. The Kier molecular flexibility index (Phi) is 2.06. The van der Waals surface area contributed by atoms with Gasteiger partial charge in [0.2, 0.25) is 0 Å². The number of ether oxygens (including phenoxy) is 1. The van der Waals surface area contributed by atoms with Gasteiger partial charge in [-0.3, -0.25) is 0 Å². The second kappa shape index (κ2) is 3.01. The van der Waals surface area contributed by atoms with E-state index in [9.17, 15) is 0 Å². The van der Waals surface area contributed by atoms with Crippen LogP contribution in [0.1, 0.15) is 37.0 Å². The lowest BCUT2D eigenvalue weighted by Gasteiger charge is -2.20. The zero-order valence-corrected chi connectivity index (χ0v) is 9.48. The van der Waals surface area contributed by atoms with Gasteiger partial charge in [-0.05, 0) is 54.0 Å². The van der Waals surface area contributed by atoms with Gasteiger partial charge < -0.3 is 4.74 Å². The summed E-state index contributed by atoms with van der Waals surface area (Å²) in [6.45, 7) is 6.82. The van der Waals surface area contributed by atoms with Crippen LogP contribution in [0.4, 0.5) is 0 Å². The fourth-order valence-electron chi connectivity index (χ4n) is 2.41. The average Bonchev–Trinajstić information content (AvgIpc) is 2.43. The lowest BCUT2D eigenvalue weighted by molar-refractivity contribution is 0.412. The predicted molar refractivity (Wildman–Crippen MR) is 59.1 cm³/mol. The molecule has 76 valence electrons. The van der Waals surface area contributed by atoms with Gasteiger partial charge in [0.15, 0.2) is 0 Å². The summed E-state index contributed by atoms with van der Waals surface area (Å²) >= 11 is 0. The second-order valence-electron chi connectivity index (χ2n) is 4.85. The highest BCUT2D eigenvalue weighted by Crippen LogP contribution is 2.41. The summed E-state index contributed by atoms with van der Waals surface area (Å²) in [6, 6.07) is 4.34. The summed E-state index contributed by atoms with van der Waals surface area (Å²) in [5.74, 6) is 0.997. The fourth-order valence-corrected chi connectivity index (χ4v) is 2.41. The predicted octanol–water partition coefficient (Wildman–Crippen LogP) is 3.23. The Morgan fingerprint density at radius 1 is 1.29 bits per heavy atom. The third kappa shape index (κ3) is 1.31. The van der Waals surface area contributed by atoms with Gasteiger partial charge >= 0.3 is 0 Å². The van der Waals surface area contributed by atoms with E-state index in [1.54, 1.807) is 7.11 Å². The third-order valence-corrected chi connectivity index (χ3v) is 3.41. The Morgan fingerprint density at radius 2 is 2.00 bits per heavy atom. The maximum Gasteiger partial charge on any atom is 0.119 e. The first-order valence-corrected chi connectivity index (χ1v) is 5.22. The number of hydrogen-bond acceptors (Lipinski definition) is 1. The van der Waals surface area contributed by atoms with E-state index in [0.29, 0.717) is 5.41 Å². The largest absolute Gasteiger partial charge is 0.497 e. The molecule has 0 unspecified atom stereocenters. The van der Waals surface area contributed by atoms with Crippen LogP contribution < -0.4 is 4.74 Å². The Labute approximate surface area is 86.1 Å². The molecular weight excluding hydrogens is 172 g/mol.